The van der Waals surface area contributed by atoms with Gasteiger partial charge in [-0.3, -0.25) is 0 Å². The van der Waals surface area contributed by atoms with Gasteiger partial charge in [-0.05, 0) is 0 Å². The molecule has 0 rings (SSSR count). The van der Waals surface area contributed by atoms with Crippen molar-refractivity contribution in [1.82, 2.24) is 0 Å². The van der Waals surface area contributed by atoms with Gasteiger partial charge in [0, 0.05) is 0 Å². The molecule has 3 heteroatoms. The summed E-state index contributed by atoms with van der Waals surface area (Å²) in [5, 5.41) is 8.81. The monoisotopic (exact) mass is 170 g/mol. The van der Waals surface area contributed by atoms with Gasteiger partial charge in [-0.2, -0.15) is 0 Å². The summed E-state index contributed by atoms with van der Waals surface area (Å²) >= 11 is 6.15. The van der Waals surface area contributed by atoms with Crippen molar-refractivity contribution in [3.63, 3.8) is 0 Å². The second kappa shape index (κ2) is 1.84. The Morgan fingerprint density at radius 3 is 1.33 bits per heavy atom. The van der Waals surface area contributed by atoms with E-state index < -0.39 is 11.3 Å². The molecule has 0 aliphatic carbocycles. The zero-order chi connectivity index (χ0) is 7.95. The molecule has 1 nitrogen and oxygen atoms in total. The molecule has 0 aliphatic heterocycles. The second-order valence-electron chi connectivity index (χ2n) is 4.10. The zero-order valence-corrected chi connectivity index (χ0v) is 8.42. The number of aliphatic hydroxyl groups is 1. The summed E-state index contributed by atoms with van der Waals surface area (Å²) in [6.07, 6.45) is 0. The van der Waals surface area contributed by atoms with E-state index in [1.165, 1.54) is 0 Å². The van der Waals surface area contributed by atoms with Gasteiger partial charge in [0.1, 0.15) is 0 Å². The summed E-state index contributed by atoms with van der Waals surface area (Å²) in [4.78, 5) is 0. The topological polar surface area (TPSA) is 20.2 Å². The van der Waals surface area contributed by atoms with Crippen molar-refractivity contribution in [2.24, 2.45) is 0 Å². The van der Waals surface area contributed by atoms with E-state index in [4.69, 9.17) is 11.2 Å². The van der Waals surface area contributed by atoms with Crippen LogP contribution in [0.5, 0.6) is 0 Å². The molecule has 9 heavy (non-hydrogen) atoms. The van der Waals surface area contributed by atoms with Crippen LogP contribution in [0.2, 0.25) is 0 Å². The summed E-state index contributed by atoms with van der Waals surface area (Å²) in [6.45, 7) is 9.34. The van der Waals surface area contributed by atoms with Crippen LogP contribution in [0.4, 0.5) is 0 Å². The quantitative estimate of drug-likeness (QED) is 0.599. The van der Waals surface area contributed by atoms with Gasteiger partial charge in [-0.1, -0.05) is 0 Å². The fourth-order valence-electron chi connectivity index (χ4n) is 0. The van der Waals surface area contributed by atoms with Crippen LogP contribution in [0.25, 0.3) is 0 Å². The predicted octanol–water partition coefficient (Wildman–Crippen LogP) is 2.31. The van der Waals surface area contributed by atoms with Crippen molar-refractivity contribution in [3.05, 3.63) is 0 Å². The Kier molecular flexibility index (Phi) is 1.98. The van der Waals surface area contributed by atoms with E-state index >= 15 is 0 Å². The van der Waals surface area contributed by atoms with Crippen molar-refractivity contribution in [1.29, 1.82) is 0 Å². The number of hydrogen-bond acceptors (Lipinski definition) is 1. The predicted molar refractivity (Wildman–Crippen MR) is 46.8 cm³/mol. The molecule has 0 atom stereocenters. The molecule has 0 aromatic heterocycles. The van der Waals surface area contributed by atoms with Gasteiger partial charge >= 0.3 is 61.5 Å². The van der Waals surface area contributed by atoms with Crippen LogP contribution in [0.15, 0.2) is 0 Å². The third-order valence-corrected chi connectivity index (χ3v) is 6.79. The third kappa shape index (κ3) is 2.41. The Labute approximate surface area is 62.1 Å². The minimum absolute atomic E-state index is 0.729. The molecular weight excluding hydrogens is 154 g/mol. The zero-order valence-electron chi connectivity index (χ0n) is 6.77. The summed E-state index contributed by atoms with van der Waals surface area (Å²) < 4.78 is 0. The Morgan fingerprint density at radius 1 is 1.22 bits per heavy atom. The van der Waals surface area contributed by atoms with Crippen LogP contribution >= 0.6 is 17.2 Å². The van der Waals surface area contributed by atoms with E-state index in [9.17, 15) is 5.11 Å². The maximum absolute atomic E-state index is 9.54. The van der Waals surface area contributed by atoms with E-state index in [0.29, 0.717) is 0 Å². The standard InChI is InChI=1S/C6H16ClOP/c1-6(2,8)9(3,4,5)7/h8H,1-5H3. The molecule has 0 saturated heterocycles. The molecule has 0 heterocycles. The van der Waals surface area contributed by atoms with Gasteiger partial charge in [0.15, 0.2) is 0 Å². The molecule has 0 fully saturated rings. The maximum atomic E-state index is 9.54. The molecule has 0 spiro atoms. The molecule has 0 aromatic carbocycles. The van der Waals surface area contributed by atoms with Crippen LogP contribution in [-0.4, -0.2) is 30.4 Å². The SMILES string of the molecule is CC(C)(O)P(C)(C)(C)Cl. The number of hydrogen-bond donors (Lipinski definition) is 1. The number of rotatable bonds is 1. The molecule has 0 aromatic rings. The first kappa shape index (κ1) is 9.68. The molecule has 1 N–H and O–H groups in total. The Bertz CT molecular complexity index is 108. The molecule has 0 bridgehead atoms. The van der Waals surface area contributed by atoms with Crippen molar-refractivity contribution >= 4 is 17.2 Å². The van der Waals surface area contributed by atoms with E-state index in [1.807, 2.05) is 20.0 Å². The molecule has 0 unspecified atom stereocenters. The molecule has 58 valence electrons. The van der Waals surface area contributed by atoms with Crippen LogP contribution in [0.3, 0.4) is 0 Å². The van der Waals surface area contributed by atoms with Crippen molar-refractivity contribution in [2.45, 2.75) is 19.2 Å². The fraction of sp³-hybridized carbons (Fsp3) is 1.00. The van der Waals surface area contributed by atoms with Gasteiger partial charge in [0.25, 0.3) is 0 Å². The average Bonchev–Trinajstić information content (AvgIpc) is 1.20. The Morgan fingerprint density at radius 2 is 1.33 bits per heavy atom. The molecule has 0 aliphatic rings. The van der Waals surface area contributed by atoms with Gasteiger partial charge in [-0.25, -0.2) is 0 Å². The average molecular weight is 171 g/mol. The van der Waals surface area contributed by atoms with E-state index in [2.05, 4.69) is 0 Å². The summed E-state index contributed by atoms with van der Waals surface area (Å²) in [5.41, 5.74) is 0. The summed E-state index contributed by atoms with van der Waals surface area (Å²) in [7, 11) is 0. The van der Waals surface area contributed by atoms with Gasteiger partial charge in [-0.15, -0.1) is 0 Å². The molecule has 0 radical (unpaired) electrons. The van der Waals surface area contributed by atoms with Crippen LogP contribution < -0.4 is 0 Å². The van der Waals surface area contributed by atoms with Gasteiger partial charge in [0.05, 0.1) is 0 Å². The number of halogens is 1. The van der Waals surface area contributed by atoms with Crippen molar-refractivity contribution in [2.75, 3.05) is 20.0 Å². The second-order valence-corrected chi connectivity index (χ2v) is 14.0. The minimum atomic E-state index is -2.29. The Balaban J connectivity index is 4.56. The molecule has 0 amide bonds. The van der Waals surface area contributed by atoms with Crippen LogP contribution in [-0.2, 0) is 0 Å². The third-order valence-electron chi connectivity index (χ3n) is 1.85. The van der Waals surface area contributed by atoms with Gasteiger partial charge in [0.2, 0.25) is 0 Å². The first-order valence-corrected chi connectivity index (χ1v) is 7.44. The first-order chi connectivity index (χ1) is 3.51. The summed E-state index contributed by atoms with van der Waals surface area (Å²) in [6, 6.07) is 0. The van der Waals surface area contributed by atoms with E-state index in [1.54, 1.807) is 13.8 Å². The molecular formula is C6H16ClOP. The van der Waals surface area contributed by atoms with Crippen LogP contribution in [0.1, 0.15) is 13.8 Å². The Hall–Kier alpha value is 0.680. The molecule has 0 saturated carbocycles. The fourth-order valence-corrected chi connectivity index (χ4v) is 0. The van der Waals surface area contributed by atoms with Crippen LogP contribution in [0, 0.1) is 0 Å². The van der Waals surface area contributed by atoms with E-state index in [0.717, 1.165) is 0 Å². The normalized spacial score (nSPS) is 18.8. The van der Waals surface area contributed by atoms with Gasteiger partial charge < -0.3 is 0 Å². The first-order valence-electron chi connectivity index (χ1n) is 2.96. The van der Waals surface area contributed by atoms with E-state index in [-0.39, 0.29) is 0 Å². The van der Waals surface area contributed by atoms with Crippen molar-refractivity contribution < 1.29 is 5.11 Å². The summed E-state index contributed by atoms with van der Waals surface area (Å²) in [5.74, 6) is -2.29. The van der Waals surface area contributed by atoms with Crippen molar-refractivity contribution in [3.8, 4) is 0 Å².